The van der Waals surface area contributed by atoms with Gasteiger partial charge in [0.1, 0.15) is 12.1 Å². The molecular weight excluding hydrogens is 497 g/mol. The molecule has 10 heteroatoms. The number of carbonyl (C=O) groups is 3. The summed E-state index contributed by atoms with van der Waals surface area (Å²) in [4.78, 5) is 42.4. The number of hydrogen-bond donors (Lipinski definition) is 2. The zero-order valence-electron chi connectivity index (χ0n) is 18.1. The molecule has 2 atom stereocenters. The number of fused-ring (bicyclic) bond motifs is 1. The van der Waals surface area contributed by atoms with Gasteiger partial charge >= 0.3 is 5.97 Å². The number of benzene rings is 2. The van der Waals surface area contributed by atoms with E-state index in [-0.39, 0.29) is 12.3 Å². The van der Waals surface area contributed by atoms with E-state index in [4.69, 9.17) is 23.2 Å². The Labute approximate surface area is 210 Å². The van der Waals surface area contributed by atoms with E-state index >= 15 is 0 Å². The summed E-state index contributed by atoms with van der Waals surface area (Å²) in [7, 11) is 0. The van der Waals surface area contributed by atoms with Crippen LogP contribution in [0, 0.1) is 0 Å². The van der Waals surface area contributed by atoms with Gasteiger partial charge in [-0.2, -0.15) is 0 Å². The Morgan fingerprint density at radius 3 is 2.59 bits per heavy atom. The molecule has 1 aromatic heterocycles. The highest BCUT2D eigenvalue weighted by Crippen LogP contribution is 2.34. The lowest BCUT2D eigenvalue weighted by atomic mass is 10.0. The number of thioether (sulfide) groups is 1. The lowest BCUT2D eigenvalue weighted by Gasteiger charge is -2.23. The fraction of sp³-hybridized carbons (Fsp3) is 0.250. The number of halogens is 2. The fourth-order valence-corrected chi connectivity index (χ4v) is 5.67. The minimum Gasteiger partial charge on any atom is -0.480 e. The molecule has 1 aliphatic rings. The minimum atomic E-state index is -1.14. The van der Waals surface area contributed by atoms with Gasteiger partial charge in [0.15, 0.2) is 0 Å². The fourth-order valence-electron chi connectivity index (χ4n) is 3.86. The number of aromatic nitrogens is 1. The molecule has 4 rings (SSSR count). The van der Waals surface area contributed by atoms with Crippen molar-refractivity contribution < 1.29 is 19.5 Å². The second-order valence-corrected chi connectivity index (χ2v) is 9.74. The van der Waals surface area contributed by atoms with E-state index in [0.29, 0.717) is 38.4 Å². The maximum Gasteiger partial charge on any atom is 0.326 e. The molecule has 2 amide bonds. The monoisotopic (exact) mass is 517 g/mol. The topological polar surface area (TPSA) is 99.6 Å². The predicted octanol–water partition coefficient (Wildman–Crippen LogP) is 4.24. The van der Waals surface area contributed by atoms with Crippen molar-refractivity contribution in [1.82, 2.24) is 15.2 Å². The number of hydrogen-bond acceptors (Lipinski definition) is 5. The van der Waals surface area contributed by atoms with Gasteiger partial charge in [-0.15, -0.1) is 11.8 Å². The molecule has 7 nitrogen and oxygen atoms in total. The number of rotatable bonds is 6. The third-order valence-corrected chi connectivity index (χ3v) is 7.26. The second-order valence-electron chi connectivity index (χ2n) is 7.93. The summed E-state index contributed by atoms with van der Waals surface area (Å²) >= 11 is 14.1. The van der Waals surface area contributed by atoms with Gasteiger partial charge in [-0.3, -0.25) is 9.59 Å². The van der Waals surface area contributed by atoms with Crippen LogP contribution in [0.15, 0.2) is 48.5 Å². The minimum absolute atomic E-state index is 0.0923. The lowest BCUT2D eigenvalue weighted by Crippen LogP contribution is -2.52. The zero-order chi connectivity index (χ0) is 24.4. The van der Waals surface area contributed by atoms with E-state index in [9.17, 15) is 19.5 Å². The quantitative estimate of drug-likeness (QED) is 0.507. The Bertz CT molecular complexity index is 1270. The lowest BCUT2D eigenvalue weighted by molar-refractivity contribution is -0.143. The molecule has 176 valence electrons. The Balaban J connectivity index is 1.53. The number of carbonyl (C=O) groups excluding carboxylic acids is 2. The first-order chi connectivity index (χ1) is 16.2. The van der Waals surface area contributed by atoms with Crippen LogP contribution in [0.5, 0.6) is 0 Å². The van der Waals surface area contributed by atoms with Crippen molar-refractivity contribution >= 4 is 63.7 Å². The maximum absolute atomic E-state index is 12.7. The van der Waals surface area contributed by atoms with Gasteiger partial charge < -0.3 is 15.3 Å². The Morgan fingerprint density at radius 2 is 1.91 bits per heavy atom. The van der Waals surface area contributed by atoms with Gasteiger partial charge in [0.05, 0.1) is 27.1 Å². The van der Waals surface area contributed by atoms with Crippen molar-refractivity contribution in [3.63, 3.8) is 0 Å². The van der Waals surface area contributed by atoms with Crippen molar-refractivity contribution in [3.05, 3.63) is 64.1 Å². The van der Waals surface area contributed by atoms with Crippen LogP contribution in [0.4, 0.5) is 0 Å². The number of carboxylic acid groups (broad SMARTS) is 1. The van der Waals surface area contributed by atoms with Crippen LogP contribution in [-0.4, -0.2) is 56.5 Å². The molecule has 1 saturated heterocycles. The number of nitrogens with one attached hydrogen (secondary N) is 1. The first-order valence-corrected chi connectivity index (χ1v) is 12.4. The van der Waals surface area contributed by atoms with Crippen LogP contribution >= 0.6 is 35.0 Å². The summed E-state index contributed by atoms with van der Waals surface area (Å²) in [6.07, 6.45) is 0.0923. The average molecular weight is 518 g/mol. The van der Waals surface area contributed by atoms with E-state index in [1.54, 1.807) is 30.3 Å². The Kier molecular flexibility index (Phi) is 7.30. The van der Waals surface area contributed by atoms with Crippen molar-refractivity contribution in [1.29, 1.82) is 0 Å². The first-order valence-electron chi connectivity index (χ1n) is 10.5. The maximum atomic E-state index is 12.7. The van der Waals surface area contributed by atoms with Gasteiger partial charge in [0, 0.05) is 30.0 Å². The Hall–Kier alpha value is -2.81. The summed E-state index contributed by atoms with van der Waals surface area (Å²) in [5, 5.41) is 14.1. The molecule has 1 aliphatic heterocycles. The Morgan fingerprint density at radius 1 is 1.18 bits per heavy atom. The largest absolute Gasteiger partial charge is 0.480 e. The number of nitrogens with zero attached hydrogens (tertiary/aromatic N) is 2. The summed E-state index contributed by atoms with van der Waals surface area (Å²) < 4.78 is 0. The van der Waals surface area contributed by atoms with Gasteiger partial charge in [0.25, 0.3) is 0 Å². The van der Waals surface area contributed by atoms with Crippen LogP contribution < -0.4 is 5.32 Å². The molecule has 0 saturated carbocycles. The molecule has 2 heterocycles. The summed E-state index contributed by atoms with van der Waals surface area (Å²) in [6.45, 7) is 1.40. The zero-order valence-corrected chi connectivity index (χ0v) is 20.5. The average Bonchev–Trinajstić information content (AvgIpc) is 3.29. The molecule has 0 radical (unpaired) electrons. The molecule has 0 spiro atoms. The second kappa shape index (κ2) is 10.2. The predicted molar refractivity (Wildman–Crippen MR) is 134 cm³/mol. The van der Waals surface area contributed by atoms with Gasteiger partial charge in [-0.25, -0.2) is 9.78 Å². The van der Waals surface area contributed by atoms with Crippen LogP contribution in [-0.2, 0) is 20.8 Å². The van der Waals surface area contributed by atoms with E-state index in [2.05, 4.69) is 10.3 Å². The van der Waals surface area contributed by atoms with Gasteiger partial charge in [0.2, 0.25) is 11.8 Å². The van der Waals surface area contributed by atoms with E-state index in [0.717, 1.165) is 10.9 Å². The first kappa shape index (κ1) is 24.3. The molecule has 2 aromatic carbocycles. The van der Waals surface area contributed by atoms with Crippen LogP contribution in [0.1, 0.15) is 12.5 Å². The third-order valence-electron chi connectivity index (χ3n) is 5.62. The molecule has 2 N–H and O–H groups in total. The summed E-state index contributed by atoms with van der Waals surface area (Å²) in [5.41, 5.74) is 2.72. The number of carboxylic acids is 1. The summed E-state index contributed by atoms with van der Waals surface area (Å²) in [5.74, 6) is -0.954. The van der Waals surface area contributed by atoms with Gasteiger partial charge in [-0.1, -0.05) is 41.4 Å². The molecule has 3 aromatic rings. The van der Waals surface area contributed by atoms with Crippen LogP contribution in [0.2, 0.25) is 10.0 Å². The SMILES string of the molecule is CC(=O)N1CSCC1C(=O)NC(Cc1ccc2nc(-c3c(Cl)cccc3Cl)ccc2c1)C(=O)O. The summed E-state index contributed by atoms with van der Waals surface area (Å²) in [6, 6.07) is 12.6. The van der Waals surface area contributed by atoms with Crippen molar-refractivity contribution in [2.75, 3.05) is 11.6 Å². The van der Waals surface area contributed by atoms with Crippen molar-refractivity contribution in [2.24, 2.45) is 0 Å². The number of amides is 2. The number of aliphatic carboxylic acids is 1. The number of pyridine rings is 1. The molecule has 0 bridgehead atoms. The molecule has 34 heavy (non-hydrogen) atoms. The highest BCUT2D eigenvalue weighted by Gasteiger charge is 2.35. The van der Waals surface area contributed by atoms with Crippen LogP contribution in [0.3, 0.4) is 0 Å². The normalized spacial score (nSPS) is 16.4. The van der Waals surface area contributed by atoms with Crippen molar-refractivity contribution in [2.45, 2.75) is 25.4 Å². The molecule has 2 unspecified atom stereocenters. The standard InChI is InChI=1S/C24H21Cl2N3O4S/c1-13(30)29-12-34-11-21(29)23(31)28-20(24(32)33)10-14-5-7-18-15(9-14)6-8-19(27-18)22-16(25)3-2-4-17(22)26/h2-9,20-21H,10-12H2,1H3,(H,28,31)(H,32,33). The third kappa shape index (κ3) is 5.14. The molecule has 1 fully saturated rings. The van der Waals surface area contributed by atoms with E-state index in [1.807, 2.05) is 18.2 Å². The highest BCUT2D eigenvalue weighted by atomic mass is 35.5. The van der Waals surface area contributed by atoms with E-state index < -0.39 is 24.0 Å². The van der Waals surface area contributed by atoms with Crippen molar-refractivity contribution in [3.8, 4) is 11.3 Å². The highest BCUT2D eigenvalue weighted by molar-refractivity contribution is 7.99. The molecule has 0 aliphatic carbocycles. The van der Waals surface area contributed by atoms with Gasteiger partial charge in [-0.05, 0) is 35.9 Å². The molecular formula is C24H21Cl2N3O4S. The van der Waals surface area contributed by atoms with Crippen LogP contribution in [0.25, 0.3) is 22.2 Å². The smallest absolute Gasteiger partial charge is 0.326 e. The van der Waals surface area contributed by atoms with E-state index in [1.165, 1.54) is 23.6 Å².